The number of halogens is 2. The van der Waals surface area contributed by atoms with Crippen LogP contribution < -0.4 is 5.73 Å². The molecule has 7 heteroatoms. The minimum atomic E-state index is -0.769. The maximum Gasteiger partial charge on any atom is 0.148 e. The first kappa shape index (κ1) is 27.7. The van der Waals surface area contributed by atoms with Gasteiger partial charge in [-0.3, -0.25) is 0 Å². The molecule has 192 valence electrons. The lowest BCUT2D eigenvalue weighted by molar-refractivity contribution is 0.0195. The van der Waals surface area contributed by atoms with Crippen molar-refractivity contribution in [2.24, 2.45) is 0 Å². The van der Waals surface area contributed by atoms with E-state index in [0.717, 1.165) is 22.2 Å². The molecule has 0 aliphatic rings. The molecule has 5 nitrogen and oxygen atoms in total. The zero-order chi connectivity index (χ0) is 24.8. The quantitative estimate of drug-likeness (QED) is 0.247. The van der Waals surface area contributed by atoms with Gasteiger partial charge in [0.25, 0.3) is 0 Å². The molecule has 3 N–H and O–H groups in total. The van der Waals surface area contributed by atoms with Crippen molar-refractivity contribution in [2.75, 3.05) is 18.9 Å². The average Bonchev–Trinajstić information content (AvgIpc) is 3.18. The first-order valence-corrected chi connectivity index (χ1v) is 11.8. The molecule has 0 saturated carbocycles. The standard InChI is InChI=1S/C29H33FN2O3.ClH/c1-29(2,20-35-18-22-11-7-4-8-12-22)28-14-23-13-26(31)25(30)15-27(23)32(28)16-24(33)19-34-17-21-9-5-3-6-10-21;/h3-15,24,33H,16-20,31H2,1-2H3;1H/t24-;/m1./s1. The average molecular weight is 513 g/mol. The molecule has 0 spiro atoms. The second kappa shape index (κ2) is 12.4. The van der Waals surface area contributed by atoms with Gasteiger partial charge in [-0.05, 0) is 23.3 Å². The van der Waals surface area contributed by atoms with Crippen LogP contribution in [-0.2, 0) is 34.6 Å². The number of nitrogens with two attached hydrogens (primary N) is 1. The van der Waals surface area contributed by atoms with Gasteiger partial charge in [-0.2, -0.15) is 0 Å². The van der Waals surface area contributed by atoms with E-state index in [4.69, 9.17) is 15.2 Å². The molecule has 0 radical (unpaired) electrons. The number of aliphatic hydroxyl groups is 1. The Morgan fingerprint density at radius 1 is 0.917 bits per heavy atom. The van der Waals surface area contributed by atoms with E-state index in [0.29, 0.717) is 25.3 Å². The summed E-state index contributed by atoms with van der Waals surface area (Å²) in [6.07, 6.45) is -0.769. The number of aromatic nitrogens is 1. The number of aliphatic hydroxyl groups excluding tert-OH is 1. The molecular weight excluding hydrogens is 479 g/mol. The number of hydrogen-bond donors (Lipinski definition) is 2. The Labute approximate surface area is 218 Å². The van der Waals surface area contributed by atoms with Crippen molar-refractivity contribution < 1.29 is 19.0 Å². The van der Waals surface area contributed by atoms with Gasteiger partial charge in [0.15, 0.2) is 0 Å². The Morgan fingerprint density at radius 2 is 1.50 bits per heavy atom. The Hall–Kier alpha value is -2.90. The molecule has 1 atom stereocenters. The molecule has 36 heavy (non-hydrogen) atoms. The van der Waals surface area contributed by atoms with Crippen LogP contribution in [0.4, 0.5) is 10.1 Å². The molecule has 0 unspecified atom stereocenters. The highest BCUT2D eigenvalue weighted by atomic mass is 35.5. The van der Waals surface area contributed by atoms with E-state index >= 15 is 0 Å². The van der Waals surface area contributed by atoms with Crippen LogP contribution in [0.15, 0.2) is 78.9 Å². The van der Waals surface area contributed by atoms with E-state index in [1.165, 1.54) is 6.07 Å². The van der Waals surface area contributed by atoms with Crippen LogP contribution in [0, 0.1) is 5.82 Å². The predicted octanol–water partition coefficient (Wildman–Crippen LogP) is 5.86. The number of nitrogens with zero attached hydrogens (tertiary/aromatic N) is 1. The number of ether oxygens (including phenoxy) is 2. The summed E-state index contributed by atoms with van der Waals surface area (Å²) < 4.78 is 28.2. The molecule has 3 aromatic carbocycles. The van der Waals surface area contributed by atoms with Gasteiger partial charge >= 0.3 is 0 Å². The van der Waals surface area contributed by atoms with Gasteiger partial charge in [0, 0.05) is 22.6 Å². The Morgan fingerprint density at radius 3 is 2.11 bits per heavy atom. The molecule has 0 bridgehead atoms. The van der Waals surface area contributed by atoms with Gasteiger partial charge < -0.3 is 24.9 Å². The lowest BCUT2D eigenvalue weighted by Crippen LogP contribution is -2.30. The number of anilines is 1. The van der Waals surface area contributed by atoms with Crippen molar-refractivity contribution in [1.29, 1.82) is 0 Å². The fourth-order valence-electron chi connectivity index (χ4n) is 4.28. The molecule has 0 amide bonds. The van der Waals surface area contributed by atoms with E-state index in [-0.39, 0.29) is 31.2 Å². The largest absolute Gasteiger partial charge is 0.396 e. The zero-order valence-electron chi connectivity index (χ0n) is 20.7. The third kappa shape index (κ3) is 6.86. The smallest absolute Gasteiger partial charge is 0.148 e. The number of fused-ring (bicyclic) bond motifs is 1. The van der Waals surface area contributed by atoms with E-state index < -0.39 is 17.3 Å². The third-order valence-electron chi connectivity index (χ3n) is 6.10. The molecule has 4 rings (SSSR count). The molecule has 0 aliphatic carbocycles. The van der Waals surface area contributed by atoms with Gasteiger partial charge in [-0.15, -0.1) is 12.4 Å². The number of nitrogen functional groups attached to an aromatic ring is 1. The van der Waals surface area contributed by atoms with Gasteiger partial charge in [0.2, 0.25) is 0 Å². The lowest BCUT2D eigenvalue weighted by Gasteiger charge is -2.28. The van der Waals surface area contributed by atoms with Crippen LogP contribution in [0.1, 0.15) is 30.7 Å². The zero-order valence-corrected chi connectivity index (χ0v) is 21.5. The lowest BCUT2D eigenvalue weighted by atomic mass is 9.90. The van der Waals surface area contributed by atoms with Crippen LogP contribution in [0.5, 0.6) is 0 Å². The normalized spacial score (nSPS) is 12.4. The first-order valence-electron chi connectivity index (χ1n) is 11.8. The highest BCUT2D eigenvalue weighted by Gasteiger charge is 2.28. The molecule has 0 aliphatic heterocycles. The van der Waals surface area contributed by atoms with Crippen molar-refractivity contribution in [1.82, 2.24) is 4.57 Å². The highest BCUT2D eigenvalue weighted by Crippen LogP contribution is 2.33. The van der Waals surface area contributed by atoms with E-state index in [1.54, 1.807) is 6.07 Å². The molecule has 1 heterocycles. The summed E-state index contributed by atoms with van der Waals surface area (Å²) in [5.74, 6) is -0.476. The van der Waals surface area contributed by atoms with E-state index in [1.807, 2.05) is 71.3 Å². The topological polar surface area (TPSA) is 69.6 Å². The summed E-state index contributed by atoms with van der Waals surface area (Å²) >= 11 is 0. The predicted molar refractivity (Wildman–Crippen MR) is 145 cm³/mol. The summed E-state index contributed by atoms with van der Waals surface area (Å²) in [4.78, 5) is 0. The summed E-state index contributed by atoms with van der Waals surface area (Å²) in [6.45, 7) is 5.97. The van der Waals surface area contributed by atoms with Crippen LogP contribution in [0.2, 0.25) is 0 Å². The van der Waals surface area contributed by atoms with Crippen molar-refractivity contribution in [2.45, 2.75) is 45.1 Å². The molecule has 0 fully saturated rings. The summed E-state index contributed by atoms with van der Waals surface area (Å²) in [5.41, 5.74) is 9.31. The van der Waals surface area contributed by atoms with Gasteiger partial charge in [-0.1, -0.05) is 74.5 Å². The fraction of sp³-hybridized carbons (Fsp3) is 0.310. The summed E-state index contributed by atoms with van der Waals surface area (Å²) in [5, 5.41) is 11.6. The maximum atomic E-state index is 14.4. The first-order chi connectivity index (χ1) is 16.8. The number of hydrogen-bond acceptors (Lipinski definition) is 4. The second-order valence-corrected chi connectivity index (χ2v) is 9.59. The minimum Gasteiger partial charge on any atom is -0.396 e. The van der Waals surface area contributed by atoms with Gasteiger partial charge in [0.1, 0.15) is 5.82 Å². The van der Waals surface area contributed by atoms with Crippen LogP contribution in [-0.4, -0.2) is 29.0 Å². The molecular formula is C29H34ClFN2O3. The SMILES string of the molecule is CC(C)(COCc1ccccc1)c1cc2cc(N)c(F)cc2n1C[C@@H](O)COCc1ccccc1.Cl. The second-order valence-electron chi connectivity index (χ2n) is 9.59. The van der Waals surface area contributed by atoms with Crippen LogP contribution in [0.3, 0.4) is 0 Å². The highest BCUT2D eigenvalue weighted by molar-refractivity contribution is 5.85. The van der Waals surface area contributed by atoms with Crippen molar-refractivity contribution >= 4 is 29.0 Å². The molecule has 1 aromatic heterocycles. The Kier molecular flexibility index (Phi) is 9.51. The summed E-state index contributed by atoms with van der Waals surface area (Å²) in [7, 11) is 0. The molecule has 0 saturated heterocycles. The van der Waals surface area contributed by atoms with Crippen molar-refractivity contribution in [3.63, 3.8) is 0 Å². The number of benzene rings is 3. The van der Waals surface area contributed by atoms with Gasteiger partial charge in [0.05, 0.1) is 50.3 Å². The Bertz CT molecular complexity index is 1250. The van der Waals surface area contributed by atoms with Gasteiger partial charge in [-0.25, -0.2) is 4.39 Å². The Balaban J connectivity index is 0.00000361. The van der Waals surface area contributed by atoms with Crippen molar-refractivity contribution in [3.8, 4) is 0 Å². The van der Waals surface area contributed by atoms with Crippen LogP contribution in [0.25, 0.3) is 10.9 Å². The number of rotatable bonds is 11. The maximum absolute atomic E-state index is 14.4. The van der Waals surface area contributed by atoms with Crippen LogP contribution >= 0.6 is 12.4 Å². The van der Waals surface area contributed by atoms with E-state index in [9.17, 15) is 9.50 Å². The van der Waals surface area contributed by atoms with E-state index in [2.05, 4.69) is 13.8 Å². The molecule has 4 aromatic rings. The monoisotopic (exact) mass is 512 g/mol. The van der Waals surface area contributed by atoms with Crippen molar-refractivity contribution in [3.05, 3.63) is 102 Å². The third-order valence-corrected chi connectivity index (χ3v) is 6.10. The summed E-state index contributed by atoms with van der Waals surface area (Å²) in [6, 6.07) is 24.9. The minimum absolute atomic E-state index is 0. The fourth-order valence-corrected chi connectivity index (χ4v) is 4.28.